The van der Waals surface area contributed by atoms with Crippen LogP contribution in [0.3, 0.4) is 0 Å². The molecule has 202 valence electrons. The number of ketones is 1. The molecule has 35 heavy (non-hydrogen) atoms. The molecule has 0 aromatic carbocycles. The zero-order chi connectivity index (χ0) is 26.1. The first kappa shape index (κ1) is 31.7. The highest BCUT2D eigenvalue weighted by Gasteiger charge is 2.39. The van der Waals surface area contributed by atoms with E-state index in [4.69, 9.17) is 9.79 Å². The number of nitrogens with zero attached hydrogens (tertiary/aromatic N) is 1. The number of rotatable bonds is 21. The van der Waals surface area contributed by atoms with E-state index in [1.807, 2.05) is 13.8 Å². The molecular weight excluding hydrogens is 465 g/mol. The molecule has 1 aliphatic heterocycles. The third-order valence-corrected chi connectivity index (χ3v) is 7.40. The second-order valence-corrected chi connectivity index (χ2v) is 11.8. The molecule has 2 amide bonds. The Hall–Kier alpha value is -1.30. The molecule has 0 aliphatic carbocycles. The van der Waals surface area contributed by atoms with E-state index in [1.54, 1.807) is 6.08 Å². The molecule has 2 N–H and O–H groups in total. The van der Waals surface area contributed by atoms with E-state index in [2.05, 4.69) is 0 Å². The number of hydrogen-bond acceptors (Lipinski definition) is 4. The summed E-state index contributed by atoms with van der Waals surface area (Å²) < 4.78 is 10.7. The van der Waals surface area contributed by atoms with Gasteiger partial charge in [-0.2, -0.15) is 0 Å². The fourth-order valence-electron chi connectivity index (χ4n) is 4.59. The first-order valence-electron chi connectivity index (χ1n) is 13.7. The maximum atomic E-state index is 12.3. The third kappa shape index (κ3) is 15.4. The highest BCUT2D eigenvalue weighted by Crippen LogP contribution is 2.36. The van der Waals surface area contributed by atoms with Crippen molar-refractivity contribution in [3.63, 3.8) is 0 Å². The monoisotopic (exact) mass is 513 g/mol. The van der Waals surface area contributed by atoms with Gasteiger partial charge in [0.2, 0.25) is 11.8 Å². The zero-order valence-corrected chi connectivity index (χ0v) is 22.9. The maximum Gasteiger partial charge on any atom is 0.348 e. The summed E-state index contributed by atoms with van der Waals surface area (Å²) in [5, 5.41) is 0. The summed E-state index contributed by atoms with van der Waals surface area (Å²) >= 11 is 0. The predicted molar refractivity (Wildman–Crippen MR) is 140 cm³/mol. The van der Waals surface area contributed by atoms with Gasteiger partial charge in [0.25, 0.3) is 0 Å². The van der Waals surface area contributed by atoms with Gasteiger partial charge in [-0.1, -0.05) is 84.1 Å². The first-order valence-corrected chi connectivity index (χ1v) is 15.4. The number of amides is 2. The minimum Gasteiger partial charge on any atom is -0.321 e. The van der Waals surface area contributed by atoms with Gasteiger partial charge in [-0.05, 0) is 31.6 Å². The van der Waals surface area contributed by atoms with Crippen LogP contribution in [-0.2, 0) is 18.9 Å². The predicted octanol–water partition coefficient (Wildman–Crippen LogP) is 6.52. The number of hydrogen-bond donors (Lipinski definition) is 2. The van der Waals surface area contributed by atoms with Crippen molar-refractivity contribution in [2.45, 2.75) is 123 Å². The van der Waals surface area contributed by atoms with Gasteiger partial charge in [0.15, 0.2) is 0 Å². The van der Waals surface area contributed by atoms with E-state index < -0.39 is 7.60 Å². The minimum absolute atomic E-state index is 0.0660. The maximum absolute atomic E-state index is 12.3. The standard InChI is InChI=1S/C27H48NO6P/c1-23(2)25-22-26(30)28(27(25)31)20-17-19-24(29)18-15-13-11-9-7-5-3-4-6-8-10-12-14-16-21-35(32,33)34/h16,21,23,25H,3-15,17-20,22H2,1-2H3,(H2,32,33,34)/b21-16+. The van der Waals surface area contributed by atoms with Crippen molar-refractivity contribution >= 4 is 25.2 Å². The summed E-state index contributed by atoms with van der Waals surface area (Å²) in [6.45, 7) is 4.32. The lowest BCUT2D eigenvalue weighted by Crippen LogP contribution is -2.32. The molecule has 7 nitrogen and oxygen atoms in total. The molecular formula is C27H48NO6P. The highest BCUT2D eigenvalue weighted by molar-refractivity contribution is 7.55. The summed E-state index contributed by atoms with van der Waals surface area (Å²) in [5.41, 5.74) is 0. The second-order valence-electron chi connectivity index (χ2n) is 10.3. The fourth-order valence-corrected chi connectivity index (χ4v) is 5.01. The fraction of sp³-hybridized carbons (Fsp3) is 0.815. The van der Waals surface area contributed by atoms with E-state index in [1.165, 1.54) is 56.3 Å². The Balaban J connectivity index is 1.87. The molecule has 0 aromatic rings. The molecule has 8 heteroatoms. The molecule has 0 saturated carbocycles. The van der Waals surface area contributed by atoms with Crippen molar-refractivity contribution in [3.8, 4) is 0 Å². The van der Waals surface area contributed by atoms with Crippen molar-refractivity contribution in [2.24, 2.45) is 11.8 Å². The Bertz CT molecular complexity index is 714. The van der Waals surface area contributed by atoms with Crippen molar-refractivity contribution < 1.29 is 28.7 Å². The Morgan fingerprint density at radius 3 is 1.86 bits per heavy atom. The lowest BCUT2D eigenvalue weighted by atomic mass is 9.94. The van der Waals surface area contributed by atoms with Crippen LogP contribution in [-0.4, -0.2) is 38.8 Å². The van der Waals surface area contributed by atoms with Crippen LogP contribution in [0.4, 0.5) is 0 Å². The number of carbonyl (C=O) groups excluding carboxylic acids is 3. The quantitative estimate of drug-likeness (QED) is 0.103. The molecule has 1 atom stereocenters. The molecule has 1 fully saturated rings. The summed E-state index contributed by atoms with van der Waals surface area (Å²) in [4.78, 5) is 55.2. The molecule has 1 heterocycles. The van der Waals surface area contributed by atoms with Gasteiger partial charge >= 0.3 is 7.60 Å². The summed E-state index contributed by atoms with van der Waals surface area (Å²) in [6, 6.07) is 0. The average molecular weight is 514 g/mol. The van der Waals surface area contributed by atoms with Gasteiger partial charge in [-0.3, -0.25) is 23.8 Å². The van der Waals surface area contributed by atoms with E-state index in [0.29, 0.717) is 32.2 Å². The first-order chi connectivity index (χ1) is 16.6. The van der Waals surface area contributed by atoms with Gasteiger partial charge < -0.3 is 9.79 Å². The van der Waals surface area contributed by atoms with Crippen molar-refractivity contribution in [1.29, 1.82) is 0 Å². The number of likely N-dealkylation sites (tertiary alicyclic amines) is 1. The molecule has 0 spiro atoms. The SMILES string of the molecule is CC(C)C1CC(=O)N(CCCC(=O)CCCCCCCCCCCCCC/C=C/P(=O)(O)O)C1=O. The Morgan fingerprint density at radius 2 is 1.37 bits per heavy atom. The van der Waals surface area contributed by atoms with E-state index in [0.717, 1.165) is 37.9 Å². The van der Waals surface area contributed by atoms with Crippen LogP contribution < -0.4 is 0 Å². The van der Waals surface area contributed by atoms with Crippen LogP contribution in [0.2, 0.25) is 0 Å². The lowest BCUT2D eigenvalue weighted by molar-refractivity contribution is -0.140. The van der Waals surface area contributed by atoms with Gasteiger partial charge in [-0.25, -0.2) is 0 Å². The number of unbranched alkanes of at least 4 members (excludes halogenated alkanes) is 12. The van der Waals surface area contributed by atoms with Crippen molar-refractivity contribution in [3.05, 3.63) is 11.9 Å². The average Bonchev–Trinajstić information content (AvgIpc) is 3.06. The number of imide groups is 1. The van der Waals surface area contributed by atoms with Crippen molar-refractivity contribution in [2.75, 3.05) is 6.54 Å². The molecule has 1 aliphatic rings. The van der Waals surface area contributed by atoms with Crippen LogP contribution in [0.5, 0.6) is 0 Å². The number of carbonyl (C=O) groups is 3. The van der Waals surface area contributed by atoms with E-state index in [-0.39, 0.29) is 29.4 Å². The normalized spacial score (nSPS) is 16.8. The summed E-state index contributed by atoms with van der Waals surface area (Å²) in [5.74, 6) is 1.06. The summed E-state index contributed by atoms with van der Waals surface area (Å²) in [6.07, 6.45) is 18.2. The zero-order valence-electron chi connectivity index (χ0n) is 22.0. The molecule has 1 rings (SSSR count). The minimum atomic E-state index is -3.99. The van der Waals surface area contributed by atoms with Gasteiger partial charge in [0.1, 0.15) is 5.78 Å². The van der Waals surface area contributed by atoms with Crippen LogP contribution in [0, 0.1) is 11.8 Å². The smallest absolute Gasteiger partial charge is 0.321 e. The lowest BCUT2D eigenvalue weighted by Gasteiger charge is -2.16. The number of Topliss-reactive ketones (excluding diaryl/α,β-unsaturated/α-hetero) is 1. The molecule has 0 bridgehead atoms. The van der Waals surface area contributed by atoms with Crippen LogP contribution >= 0.6 is 7.60 Å². The van der Waals surface area contributed by atoms with Gasteiger partial charge in [0, 0.05) is 37.5 Å². The molecule has 1 saturated heterocycles. The Kier molecular flexibility index (Phi) is 16.3. The van der Waals surface area contributed by atoms with Crippen LogP contribution in [0.1, 0.15) is 123 Å². The van der Waals surface area contributed by atoms with E-state index in [9.17, 15) is 18.9 Å². The second kappa shape index (κ2) is 18.0. The van der Waals surface area contributed by atoms with E-state index >= 15 is 0 Å². The van der Waals surface area contributed by atoms with Crippen molar-refractivity contribution in [1.82, 2.24) is 4.90 Å². The third-order valence-electron chi connectivity index (χ3n) is 6.80. The van der Waals surface area contributed by atoms with Crippen LogP contribution in [0.15, 0.2) is 11.9 Å². The highest BCUT2D eigenvalue weighted by atomic mass is 31.2. The molecule has 0 radical (unpaired) electrons. The van der Waals surface area contributed by atoms with Gasteiger partial charge in [0.05, 0.1) is 0 Å². The molecule has 0 aromatic heterocycles. The largest absolute Gasteiger partial charge is 0.348 e. The number of allylic oxidation sites excluding steroid dienone is 1. The molecule has 1 unspecified atom stereocenters. The Labute approximate surface area is 212 Å². The van der Waals surface area contributed by atoms with Crippen LogP contribution in [0.25, 0.3) is 0 Å². The topological polar surface area (TPSA) is 112 Å². The summed E-state index contributed by atoms with van der Waals surface area (Å²) in [7, 11) is -3.99. The van der Waals surface area contributed by atoms with Gasteiger partial charge in [-0.15, -0.1) is 0 Å². The Morgan fingerprint density at radius 1 is 0.886 bits per heavy atom.